The quantitative estimate of drug-likeness (QED) is 0.262. The third-order valence-corrected chi connectivity index (χ3v) is 6.83. The number of nitrogens with zero attached hydrogens (tertiary/aromatic N) is 2. The Morgan fingerprint density at radius 3 is 2.66 bits per heavy atom. The molecule has 0 unspecified atom stereocenters. The minimum absolute atomic E-state index is 0.129. The van der Waals surface area contributed by atoms with Gasteiger partial charge in [0.2, 0.25) is 16.4 Å². The molecule has 1 amide bonds. The fraction of sp³-hybridized carbons (Fsp3) is 0.611. The predicted octanol–water partition coefficient (Wildman–Crippen LogP) is 2.43. The molecule has 7 nitrogen and oxygen atoms in total. The second-order valence-electron chi connectivity index (χ2n) is 6.97. The molecule has 1 heterocycles. The lowest BCUT2D eigenvalue weighted by Crippen LogP contribution is -2.44. The average molecular weight is 438 g/mol. The molecule has 0 saturated heterocycles. The van der Waals surface area contributed by atoms with Crippen LogP contribution in [0.1, 0.15) is 36.0 Å². The van der Waals surface area contributed by atoms with E-state index in [0.717, 1.165) is 16.4 Å². The van der Waals surface area contributed by atoms with Gasteiger partial charge in [-0.2, -0.15) is 17.5 Å². The summed E-state index contributed by atoms with van der Waals surface area (Å²) in [5, 5.41) is 10.1. The van der Waals surface area contributed by atoms with Crippen molar-refractivity contribution >= 4 is 16.4 Å². The van der Waals surface area contributed by atoms with Gasteiger partial charge in [0.05, 0.1) is 17.4 Å². The first kappa shape index (κ1) is 23.6. The van der Waals surface area contributed by atoms with Gasteiger partial charge in [0.15, 0.2) is 0 Å². The van der Waals surface area contributed by atoms with Crippen molar-refractivity contribution < 1.29 is 36.3 Å². The monoisotopic (exact) mass is 438 g/mol. The molecule has 1 N–H and O–H groups in total. The van der Waals surface area contributed by atoms with Gasteiger partial charge in [-0.15, -0.1) is 0 Å². The molecule has 2 rings (SSSR count). The first-order valence-corrected chi connectivity index (χ1v) is 10.8. The molecule has 1 aromatic rings. The number of ether oxygens (including phenoxy) is 1. The average Bonchev–Trinajstić information content (AvgIpc) is 2.68. The number of hydrogen-bond donors (Lipinski definition) is 1. The Morgan fingerprint density at radius 2 is 2.03 bits per heavy atom. The third kappa shape index (κ3) is 6.39. The molecule has 0 bridgehead atoms. The Morgan fingerprint density at radius 1 is 1.31 bits per heavy atom. The molecule has 0 spiro atoms. The fourth-order valence-electron chi connectivity index (χ4n) is 3.30. The Labute approximate surface area is 168 Å². The van der Waals surface area contributed by atoms with Gasteiger partial charge in [0.25, 0.3) is 0 Å². The van der Waals surface area contributed by atoms with Gasteiger partial charge in [0, 0.05) is 26.8 Å². The summed E-state index contributed by atoms with van der Waals surface area (Å²) in [6, 6.07) is 2.40. The summed E-state index contributed by atoms with van der Waals surface area (Å²) in [4.78, 5) is 10.9. The molecule has 164 valence electrons. The summed E-state index contributed by atoms with van der Waals surface area (Å²) in [7, 11) is -2.38. The van der Waals surface area contributed by atoms with E-state index in [4.69, 9.17) is 4.74 Å². The van der Waals surface area contributed by atoms with Crippen molar-refractivity contribution in [2.24, 2.45) is 0 Å². The number of carbonyl (C=O) groups excluding carboxylic acids is 1. The molecule has 1 aliphatic heterocycles. The van der Waals surface area contributed by atoms with Gasteiger partial charge in [0.1, 0.15) is 0 Å². The molecular weight excluding hydrogens is 413 g/mol. The van der Waals surface area contributed by atoms with Crippen LogP contribution in [0.15, 0.2) is 18.2 Å². The maximum absolute atomic E-state index is 13.0. The van der Waals surface area contributed by atoms with Crippen LogP contribution in [0, 0.1) is 0 Å². The highest BCUT2D eigenvalue weighted by molar-refractivity contribution is 7.89. The van der Waals surface area contributed by atoms with E-state index in [1.54, 1.807) is 0 Å². The van der Waals surface area contributed by atoms with Gasteiger partial charge < -0.3 is 4.74 Å². The van der Waals surface area contributed by atoms with Crippen molar-refractivity contribution in [1.29, 1.82) is 0 Å². The zero-order chi connectivity index (χ0) is 21.7. The minimum atomic E-state index is -4.51. The molecule has 0 radical (unpaired) electrons. The topological polar surface area (TPSA) is 87.2 Å². The smallest absolute Gasteiger partial charge is 0.385 e. The highest BCUT2D eigenvalue weighted by Crippen LogP contribution is 2.32. The number of halogens is 3. The standard InChI is InChI=1S/C18H25F3N2O5S/c1-28-9-3-2-4-17(23(25)13-24)12-29(26,27)22-8-7-14-5-6-16(18(19,20)21)10-15(14)11-22/h5-6,10,13,17,25H,2-4,7-9,11-12H2,1H3/t17-/m1/s1. The minimum Gasteiger partial charge on any atom is -0.385 e. The van der Waals surface area contributed by atoms with Crippen molar-refractivity contribution in [1.82, 2.24) is 9.37 Å². The van der Waals surface area contributed by atoms with Crippen molar-refractivity contribution in [3.63, 3.8) is 0 Å². The highest BCUT2D eigenvalue weighted by Gasteiger charge is 2.34. The molecule has 0 aromatic heterocycles. The van der Waals surface area contributed by atoms with Crippen molar-refractivity contribution in [3.8, 4) is 0 Å². The molecule has 0 saturated carbocycles. The van der Waals surface area contributed by atoms with E-state index in [-0.39, 0.29) is 25.9 Å². The maximum atomic E-state index is 13.0. The van der Waals surface area contributed by atoms with Crippen molar-refractivity contribution in [2.75, 3.05) is 26.0 Å². The number of hydrogen-bond acceptors (Lipinski definition) is 5. The van der Waals surface area contributed by atoms with Gasteiger partial charge >= 0.3 is 6.18 Å². The zero-order valence-corrected chi connectivity index (χ0v) is 16.9. The molecular formula is C18H25F3N2O5S. The summed E-state index contributed by atoms with van der Waals surface area (Å²) in [6.07, 6.45) is -2.64. The van der Waals surface area contributed by atoms with E-state index in [1.165, 1.54) is 13.2 Å². The number of alkyl halides is 3. The van der Waals surface area contributed by atoms with E-state index in [1.807, 2.05) is 0 Å². The van der Waals surface area contributed by atoms with E-state index in [0.29, 0.717) is 42.1 Å². The predicted molar refractivity (Wildman–Crippen MR) is 98.5 cm³/mol. The molecule has 0 aliphatic carbocycles. The number of carbonyl (C=O) groups is 1. The number of unbranched alkanes of at least 4 members (excludes halogenated alkanes) is 1. The van der Waals surface area contributed by atoms with Crippen LogP contribution in [0.2, 0.25) is 0 Å². The normalized spacial score (nSPS) is 16.3. The summed E-state index contributed by atoms with van der Waals surface area (Å²) < 4.78 is 70.5. The van der Waals surface area contributed by atoms with Crippen LogP contribution >= 0.6 is 0 Å². The highest BCUT2D eigenvalue weighted by atomic mass is 32.2. The first-order chi connectivity index (χ1) is 13.6. The molecule has 11 heteroatoms. The lowest BCUT2D eigenvalue weighted by atomic mass is 9.98. The summed E-state index contributed by atoms with van der Waals surface area (Å²) >= 11 is 0. The zero-order valence-electron chi connectivity index (χ0n) is 16.1. The van der Waals surface area contributed by atoms with Gasteiger partial charge in [-0.3, -0.25) is 10.0 Å². The van der Waals surface area contributed by atoms with E-state index in [9.17, 15) is 31.6 Å². The Bertz CT molecular complexity index is 801. The Kier molecular flexibility index (Phi) is 8.03. The van der Waals surface area contributed by atoms with E-state index in [2.05, 4.69) is 0 Å². The lowest BCUT2D eigenvalue weighted by molar-refractivity contribution is -0.158. The van der Waals surface area contributed by atoms with Crippen LogP contribution < -0.4 is 0 Å². The Balaban J connectivity index is 2.12. The SMILES string of the molecule is COCCCC[C@H](CS(=O)(=O)N1CCc2ccc(C(F)(F)F)cc2C1)N(O)C=O. The molecule has 0 fully saturated rings. The number of hydroxylamine groups is 2. The van der Waals surface area contributed by atoms with Crippen molar-refractivity contribution in [3.05, 3.63) is 34.9 Å². The Hall–Kier alpha value is -1.69. The third-order valence-electron chi connectivity index (χ3n) is 4.93. The fourth-order valence-corrected chi connectivity index (χ4v) is 5.02. The van der Waals surface area contributed by atoms with Gasteiger partial charge in [-0.25, -0.2) is 13.5 Å². The second kappa shape index (κ2) is 9.88. The summed E-state index contributed by atoms with van der Waals surface area (Å²) in [5.41, 5.74) is 0.161. The number of amides is 1. The summed E-state index contributed by atoms with van der Waals surface area (Å²) in [5.74, 6) is -0.510. The van der Waals surface area contributed by atoms with Crippen LogP contribution in [0.5, 0.6) is 0 Å². The van der Waals surface area contributed by atoms with Gasteiger partial charge in [-0.05, 0) is 48.9 Å². The summed E-state index contributed by atoms with van der Waals surface area (Å²) in [6.45, 7) is 0.421. The van der Waals surface area contributed by atoms with E-state index >= 15 is 0 Å². The molecule has 1 aromatic carbocycles. The van der Waals surface area contributed by atoms with Crippen LogP contribution in [0.3, 0.4) is 0 Å². The molecule has 1 aliphatic rings. The largest absolute Gasteiger partial charge is 0.416 e. The number of sulfonamides is 1. The van der Waals surface area contributed by atoms with E-state index < -0.39 is 33.6 Å². The van der Waals surface area contributed by atoms with Gasteiger partial charge in [-0.1, -0.05) is 6.07 Å². The van der Waals surface area contributed by atoms with Crippen molar-refractivity contribution in [2.45, 2.75) is 44.4 Å². The lowest BCUT2D eigenvalue weighted by Gasteiger charge is -2.31. The van der Waals surface area contributed by atoms with Crippen LogP contribution in [0.4, 0.5) is 13.2 Å². The van der Waals surface area contributed by atoms with Crippen LogP contribution in [0.25, 0.3) is 0 Å². The number of methoxy groups -OCH3 is 1. The molecule has 1 atom stereocenters. The second-order valence-corrected chi connectivity index (χ2v) is 8.98. The van der Waals surface area contributed by atoms with Crippen LogP contribution in [-0.4, -0.2) is 61.5 Å². The number of fused-ring (bicyclic) bond motifs is 1. The number of benzene rings is 1. The maximum Gasteiger partial charge on any atom is 0.416 e. The number of rotatable bonds is 10. The van der Waals surface area contributed by atoms with Crippen LogP contribution in [-0.2, 0) is 38.7 Å². The first-order valence-electron chi connectivity index (χ1n) is 9.16. The molecule has 29 heavy (non-hydrogen) atoms.